The van der Waals surface area contributed by atoms with Crippen LogP contribution >= 0.6 is 15.9 Å². The highest BCUT2D eigenvalue weighted by atomic mass is 79.9. The van der Waals surface area contributed by atoms with Crippen molar-refractivity contribution in [3.63, 3.8) is 0 Å². The van der Waals surface area contributed by atoms with Gasteiger partial charge in [0.15, 0.2) is 0 Å². The van der Waals surface area contributed by atoms with Crippen LogP contribution in [0.25, 0.3) is 0 Å². The number of hydrogen-bond acceptors (Lipinski definition) is 1. The average molecular weight is 242 g/mol. The second-order valence-electron chi connectivity index (χ2n) is 2.61. The number of alkyl halides is 1. The summed E-state index contributed by atoms with van der Waals surface area (Å²) in [5.41, 5.74) is 0.953. The van der Waals surface area contributed by atoms with E-state index in [1.165, 1.54) is 0 Å². The molecule has 0 aliphatic carbocycles. The van der Waals surface area contributed by atoms with Gasteiger partial charge in [-0.2, -0.15) is 0 Å². The molecule has 2 nitrogen and oxygen atoms in total. The van der Waals surface area contributed by atoms with Crippen LogP contribution in [0.3, 0.4) is 0 Å². The maximum absolute atomic E-state index is 11.4. The molecule has 3 heteroatoms. The van der Waals surface area contributed by atoms with E-state index in [1.807, 2.05) is 37.3 Å². The predicted molar refractivity (Wildman–Crippen MR) is 58.3 cm³/mol. The number of benzene rings is 1. The first-order chi connectivity index (χ1) is 6.29. The molecule has 1 rings (SSSR count). The third-order valence-electron chi connectivity index (χ3n) is 1.80. The van der Waals surface area contributed by atoms with Gasteiger partial charge in [0.05, 0.1) is 5.33 Å². The fourth-order valence-electron chi connectivity index (χ4n) is 1.18. The van der Waals surface area contributed by atoms with Crippen LogP contribution in [0, 0.1) is 0 Å². The molecule has 0 bridgehead atoms. The maximum atomic E-state index is 11.4. The van der Waals surface area contributed by atoms with Crippen LogP contribution in [-0.2, 0) is 4.79 Å². The summed E-state index contributed by atoms with van der Waals surface area (Å²) in [5.74, 6) is 0.0914. The molecule has 1 amide bonds. The predicted octanol–water partition coefficient (Wildman–Crippen LogP) is 2.43. The number of carbonyl (C=O) groups is 1. The monoisotopic (exact) mass is 241 g/mol. The first kappa shape index (κ1) is 10.3. The van der Waals surface area contributed by atoms with Crippen LogP contribution in [0.5, 0.6) is 0 Å². The van der Waals surface area contributed by atoms with Gasteiger partial charge in [0, 0.05) is 12.2 Å². The molecule has 13 heavy (non-hydrogen) atoms. The summed E-state index contributed by atoms with van der Waals surface area (Å²) < 4.78 is 0. The first-order valence-electron chi connectivity index (χ1n) is 4.21. The molecular weight excluding hydrogens is 230 g/mol. The minimum Gasteiger partial charge on any atom is -0.312 e. The summed E-state index contributed by atoms with van der Waals surface area (Å²) in [6.07, 6.45) is 0. The van der Waals surface area contributed by atoms with Crippen molar-refractivity contribution in [2.75, 3.05) is 16.8 Å². The Kier molecular flexibility index (Phi) is 3.96. The fraction of sp³-hybridized carbons (Fsp3) is 0.300. The highest BCUT2D eigenvalue weighted by Gasteiger charge is 2.10. The van der Waals surface area contributed by atoms with E-state index in [-0.39, 0.29) is 5.91 Å². The van der Waals surface area contributed by atoms with Gasteiger partial charge in [0.1, 0.15) is 0 Å². The largest absolute Gasteiger partial charge is 0.312 e. The lowest BCUT2D eigenvalue weighted by atomic mass is 10.3. The molecule has 0 aliphatic heterocycles. The van der Waals surface area contributed by atoms with Crippen molar-refractivity contribution < 1.29 is 4.79 Å². The number of rotatable bonds is 3. The minimum atomic E-state index is 0.0914. The lowest BCUT2D eigenvalue weighted by Crippen LogP contribution is -2.31. The number of hydrogen-bond donors (Lipinski definition) is 0. The quantitative estimate of drug-likeness (QED) is 0.745. The zero-order valence-corrected chi connectivity index (χ0v) is 9.12. The molecule has 70 valence electrons. The van der Waals surface area contributed by atoms with Crippen molar-refractivity contribution in [3.8, 4) is 0 Å². The molecule has 0 saturated carbocycles. The van der Waals surface area contributed by atoms with Crippen molar-refractivity contribution in [1.29, 1.82) is 0 Å². The molecule has 0 aliphatic rings. The van der Waals surface area contributed by atoms with E-state index in [4.69, 9.17) is 0 Å². The van der Waals surface area contributed by atoms with Crippen LogP contribution in [-0.4, -0.2) is 17.8 Å². The molecule has 0 N–H and O–H groups in total. The van der Waals surface area contributed by atoms with Crippen LogP contribution < -0.4 is 4.90 Å². The van der Waals surface area contributed by atoms with Gasteiger partial charge >= 0.3 is 0 Å². The van der Waals surface area contributed by atoms with Crippen LogP contribution in [0.4, 0.5) is 5.69 Å². The van der Waals surface area contributed by atoms with Crippen molar-refractivity contribution in [2.24, 2.45) is 0 Å². The van der Waals surface area contributed by atoms with Gasteiger partial charge in [-0.05, 0) is 19.1 Å². The molecule has 0 unspecified atom stereocenters. The van der Waals surface area contributed by atoms with E-state index in [2.05, 4.69) is 15.9 Å². The normalized spacial score (nSPS) is 9.69. The van der Waals surface area contributed by atoms with E-state index in [0.29, 0.717) is 11.9 Å². The molecule has 0 spiro atoms. The van der Waals surface area contributed by atoms with Gasteiger partial charge in [-0.1, -0.05) is 34.1 Å². The Morgan fingerprint density at radius 1 is 1.38 bits per heavy atom. The minimum absolute atomic E-state index is 0.0914. The van der Waals surface area contributed by atoms with Gasteiger partial charge in [-0.15, -0.1) is 0 Å². The van der Waals surface area contributed by atoms with E-state index < -0.39 is 0 Å². The highest BCUT2D eigenvalue weighted by Crippen LogP contribution is 2.13. The summed E-state index contributed by atoms with van der Waals surface area (Å²) >= 11 is 3.16. The summed E-state index contributed by atoms with van der Waals surface area (Å²) in [5, 5.41) is 0.371. The second-order valence-corrected chi connectivity index (χ2v) is 3.17. The molecule has 0 radical (unpaired) electrons. The van der Waals surface area contributed by atoms with Gasteiger partial charge in [-0.3, -0.25) is 4.79 Å². The summed E-state index contributed by atoms with van der Waals surface area (Å²) in [7, 11) is 0. The van der Waals surface area contributed by atoms with Crippen molar-refractivity contribution >= 4 is 27.5 Å². The Balaban J connectivity index is 2.85. The zero-order chi connectivity index (χ0) is 9.68. The summed E-state index contributed by atoms with van der Waals surface area (Å²) in [4.78, 5) is 13.2. The molecule has 0 aromatic heterocycles. The number of nitrogens with zero attached hydrogens (tertiary/aromatic N) is 1. The third kappa shape index (κ3) is 2.56. The van der Waals surface area contributed by atoms with Crippen molar-refractivity contribution in [2.45, 2.75) is 6.92 Å². The van der Waals surface area contributed by atoms with Gasteiger partial charge < -0.3 is 4.90 Å². The summed E-state index contributed by atoms with van der Waals surface area (Å²) in [6.45, 7) is 2.67. The van der Waals surface area contributed by atoms with Crippen LogP contribution in [0.15, 0.2) is 30.3 Å². The van der Waals surface area contributed by atoms with Crippen molar-refractivity contribution in [1.82, 2.24) is 0 Å². The Morgan fingerprint density at radius 3 is 2.46 bits per heavy atom. The average Bonchev–Trinajstić information content (AvgIpc) is 2.20. The lowest BCUT2D eigenvalue weighted by Gasteiger charge is -2.19. The number of halogens is 1. The number of para-hydroxylation sites is 1. The maximum Gasteiger partial charge on any atom is 0.237 e. The molecule has 0 atom stereocenters. The number of amides is 1. The van der Waals surface area contributed by atoms with Gasteiger partial charge in [0.2, 0.25) is 5.91 Å². The zero-order valence-electron chi connectivity index (χ0n) is 7.53. The Hall–Kier alpha value is -0.830. The van der Waals surface area contributed by atoms with Crippen LogP contribution in [0.2, 0.25) is 0 Å². The molecular formula is C10H12BrNO. The van der Waals surface area contributed by atoms with E-state index >= 15 is 0 Å². The highest BCUT2D eigenvalue weighted by molar-refractivity contribution is 9.09. The third-order valence-corrected chi connectivity index (χ3v) is 2.28. The fourth-order valence-corrected chi connectivity index (χ4v) is 1.49. The molecule has 0 fully saturated rings. The Morgan fingerprint density at radius 2 is 2.00 bits per heavy atom. The Bertz CT molecular complexity index is 274. The Labute approximate surface area is 86.7 Å². The lowest BCUT2D eigenvalue weighted by molar-refractivity contribution is -0.116. The first-order valence-corrected chi connectivity index (χ1v) is 5.33. The van der Waals surface area contributed by atoms with Gasteiger partial charge in [-0.25, -0.2) is 0 Å². The van der Waals surface area contributed by atoms with E-state index in [0.717, 1.165) is 5.69 Å². The van der Waals surface area contributed by atoms with E-state index in [1.54, 1.807) is 4.90 Å². The standard InChI is InChI=1S/C10H12BrNO/c1-2-12(10(13)8-11)9-6-4-3-5-7-9/h3-7H,2,8H2,1H3. The van der Waals surface area contributed by atoms with Crippen molar-refractivity contribution in [3.05, 3.63) is 30.3 Å². The summed E-state index contributed by atoms with van der Waals surface area (Å²) in [6, 6.07) is 9.67. The second kappa shape index (κ2) is 5.02. The number of anilines is 1. The molecule has 0 heterocycles. The van der Waals surface area contributed by atoms with Crippen LogP contribution in [0.1, 0.15) is 6.92 Å². The topological polar surface area (TPSA) is 20.3 Å². The molecule has 1 aromatic carbocycles. The number of carbonyl (C=O) groups excluding carboxylic acids is 1. The molecule has 1 aromatic rings. The molecule has 0 saturated heterocycles. The van der Waals surface area contributed by atoms with E-state index in [9.17, 15) is 4.79 Å². The SMILES string of the molecule is CCN(C(=O)CBr)c1ccccc1. The van der Waals surface area contributed by atoms with Gasteiger partial charge in [0.25, 0.3) is 0 Å². The smallest absolute Gasteiger partial charge is 0.237 e.